The smallest absolute Gasteiger partial charge is 0.304 e. The molecule has 0 aromatic heterocycles. The zero-order valence-electron chi connectivity index (χ0n) is 22.4. The Morgan fingerprint density at radius 3 is 2.45 bits per heavy atom. The van der Waals surface area contributed by atoms with Gasteiger partial charge in [0.1, 0.15) is 54.9 Å². The van der Waals surface area contributed by atoms with Gasteiger partial charge in [-0.25, -0.2) is 0 Å². The van der Waals surface area contributed by atoms with Crippen molar-refractivity contribution in [2.45, 2.75) is 57.2 Å². The van der Waals surface area contributed by atoms with Gasteiger partial charge in [-0.05, 0) is 65.9 Å². The maximum Gasteiger partial charge on any atom is 0.304 e. The molecule has 5 atom stereocenters. The Hall–Kier alpha value is -3.63. The lowest BCUT2D eigenvalue weighted by molar-refractivity contribution is -0.193. The second kappa shape index (κ2) is 11.9. The third-order valence-electron chi connectivity index (χ3n) is 7.43. The minimum atomic E-state index is -1.27. The Morgan fingerprint density at radius 1 is 0.925 bits per heavy atom. The Bertz CT molecular complexity index is 1350. The van der Waals surface area contributed by atoms with Crippen LogP contribution in [0.25, 0.3) is 11.1 Å². The summed E-state index contributed by atoms with van der Waals surface area (Å²) in [5, 5.41) is 38.8. The summed E-state index contributed by atoms with van der Waals surface area (Å²) in [4.78, 5) is 11.1. The highest BCUT2D eigenvalue weighted by molar-refractivity contribution is 5.72. The summed E-state index contributed by atoms with van der Waals surface area (Å²) in [5.74, 6) is 0.965. The molecule has 0 aliphatic carbocycles. The van der Waals surface area contributed by atoms with E-state index in [9.17, 15) is 20.1 Å². The van der Waals surface area contributed by atoms with Crippen molar-refractivity contribution < 1.29 is 44.2 Å². The van der Waals surface area contributed by atoms with Crippen molar-refractivity contribution in [1.82, 2.24) is 0 Å². The van der Waals surface area contributed by atoms with Crippen LogP contribution in [0.5, 0.6) is 17.2 Å². The Kier molecular flexibility index (Phi) is 8.27. The van der Waals surface area contributed by atoms with Crippen LogP contribution in [0.15, 0.2) is 54.6 Å². The number of rotatable bonds is 9. The quantitative estimate of drug-likeness (QED) is 0.316. The largest absolute Gasteiger partial charge is 0.492 e. The number of fused-ring (bicyclic) bond motifs is 1. The van der Waals surface area contributed by atoms with Crippen molar-refractivity contribution in [1.29, 1.82) is 0 Å². The van der Waals surface area contributed by atoms with E-state index in [2.05, 4.69) is 6.07 Å². The molecule has 0 radical (unpaired) electrons. The highest BCUT2D eigenvalue weighted by Crippen LogP contribution is 2.38. The zero-order chi connectivity index (χ0) is 28.4. The van der Waals surface area contributed by atoms with E-state index in [-0.39, 0.29) is 25.6 Å². The van der Waals surface area contributed by atoms with E-state index in [0.29, 0.717) is 30.5 Å². The minimum absolute atomic E-state index is 0.0408. The van der Waals surface area contributed by atoms with Crippen molar-refractivity contribution in [3.8, 4) is 28.4 Å². The van der Waals surface area contributed by atoms with Crippen LogP contribution in [-0.4, -0.2) is 70.6 Å². The lowest BCUT2D eigenvalue weighted by Gasteiger charge is -2.35. The molecular formula is C31H34O9. The lowest BCUT2D eigenvalue weighted by atomic mass is 9.94. The Balaban J connectivity index is 1.24. The van der Waals surface area contributed by atoms with E-state index in [4.69, 9.17) is 24.1 Å². The van der Waals surface area contributed by atoms with Gasteiger partial charge in [-0.1, -0.05) is 24.3 Å². The zero-order valence-corrected chi connectivity index (χ0v) is 22.4. The number of benzene rings is 3. The highest BCUT2D eigenvalue weighted by atomic mass is 16.6. The monoisotopic (exact) mass is 550 g/mol. The number of ether oxygens (including phenoxy) is 4. The van der Waals surface area contributed by atoms with Crippen LogP contribution >= 0.6 is 0 Å². The van der Waals surface area contributed by atoms with Crippen LogP contribution in [0.3, 0.4) is 0 Å². The fraction of sp³-hybridized carbons (Fsp3) is 0.387. The number of hydrogen-bond acceptors (Lipinski definition) is 8. The number of aliphatic hydroxyl groups excluding tert-OH is 3. The fourth-order valence-corrected chi connectivity index (χ4v) is 5.36. The van der Waals surface area contributed by atoms with Crippen molar-refractivity contribution in [3.63, 3.8) is 0 Å². The van der Waals surface area contributed by atoms with Gasteiger partial charge in [0.25, 0.3) is 0 Å². The van der Waals surface area contributed by atoms with Gasteiger partial charge in [-0.15, -0.1) is 0 Å². The molecule has 0 saturated carbocycles. The van der Waals surface area contributed by atoms with Gasteiger partial charge in [0.15, 0.2) is 0 Å². The number of aliphatic hydroxyl groups is 3. The average molecular weight is 551 g/mol. The summed E-state index contributed by atoms with van der Waals surface area (Å²) in [6.45, 7) is 4.72. The fourth-order valence-electron chi connectivity index (χ4n) is 5.36. The normalized spacial score (nSPS) is 23.8. The topological polar surface area (TPSA) is 135 Å². The second-order valence-corrected chi connectivity index (χ2v) is 10.5. The van der Waals surface area contributed by atoms with Gasteiger partial charge >= 0.3 is 5.97 Å². The molecule has 1 unspecified atom stereocenters. The van der Waals surface area contributed by atoms with Crippen LogP contribution in [0, 0.1) is 13.8 Å². The maximum atomic E-state index is 11.1. The molecule has 1 fully saturated rings. The first-order valence-electron chi connectivity index (χ1n) is 13.3. The molecular weight excluding hydrogens is 516 g/mol. The number of hydrogen-bond donors (Lipinski definition) is 4. The van der Waals surface area contributed by atoms with Gasteiger partial charge in [-0.2, -0.15) is 0 Å². The van der Waals surface area contributed by atoms with E-state index < -0.39 is 30.4 Å². The molecule has 0 amide bonds. The van der Waals surface area contributed by atoms with Crippen LogP contribution in [-0.2, 0) is 16.1 Å². The molecule has 5 rings (SSSR count). The third-order valence-corrected chi connectivity index (χ3v) is 7.43. The third kappa shape index (κ3) is 6.08. The summed E-state index contributed by atoms with van der Waals surface area (Å²) in [5.41, 5.74) is 6.04. The van der Waals surface area contributed by atoms with Crippen molar-refractivity contribution in [2.24, 2.45) is 0 Å². The van der Waals surface area contributed by atoms with Crippen molar-refractivity contribution in [3.05, 3.63) is 76.9 Å². The summed E-state index contributed by atoms with van der Waals surface area (Å²) < 4.78 is 23.0. The van der Waals surface area contributed by atoms with Crippen LogP contribution in [0.4, 0.5) is 0 Å². The molecule has 2 aliphatic rings. The molecule has 2 aliphatic heterocycles. The van der Waals surface area contributed by atoms with Gasteiger partial charge in [0.2, 0.25) is 0 Å². The van der Waals surface area contributed by atoms with E-state index in [1.165, 1.54) is 0 Å². The molecule has 4 N–H and O–H groups in total. The van der Waals surface area contributed by atoms with E-state index in [1.54, 1.807) is 0 Å². The van der Waals surface area contributed by atoms with Crippen LogP contribution in [0.1, 0.15) is 34.6 Å². The van der Waals surface area contributed by atoms with Crippen molar-refractivity contribution in [2.75, 3.05) is 19.8 Å². The molecule has 9 nitrogen and oxygen atoms in total. The van der Waals surface area contributed by atoms with Crippen LogP contribution in [0.2, 0.25) is 0 Å². The average Bonchev–Trinajstić information content (AvgIpc) is 3.31. The number of aryl methyl sites for hydroxylation is 2. The molecule has 212 valence electrons. The number of aliphatic carboxylic acids is 1. The maximum absolute atomic E-state index is 11.1. The lowest BCUT2D eigenvalue weighted by Crippen LogP contribution is -2.54. The standard InChI is InChI=1S/C31H34O9/c1-17-8-23(38-16-27-31(36)30(35)25(32)15-40-27)9-18(2)29(17)20-5-3-4-19(10-20)13-37-22-6-7-24-21(11-28(33)34)14-39-26(24)12-22/h3-10,12,21,25,27,30-32,35-36H,11,13-16H2,1-2H3,(H,33,34)/t21?,25-,27+,30+,31+/m0/s1. The molecule has 1 saturated heterocycles. The predicted octanol–water partition coefficient (Wildman–Crippen LogP) is 3.36. The summed E-state index contributed by atoms with van der Waals surface area (Å²) in [6.07, 6.45) is -4.31. The van der Waals surface area contributed by atoms with Crippen molar-refractivity contribution >= 4 is 5.97 Å². The molecule has 2 heterocycles. The Labute approximate surface area is 232 Å². The van der Waals surface area contributed by atoms with Gasteiger partial charge < -0.3 is 39.4 Å². The van der Waals surface area contributed by atoms with E-state index >= 15 is 0 Å². The molecule has 0 spiro atoms. The molecule has 0 bridgehead atoms. The first-order chi connectivity index (χ1) is 19.2. The number of carboxylic acids is 1. The summed E-state index contributed by atoms with van der Waals surface area (Å²) in [6, 6.07) is 17.5. The van der Waals surface area contributed by atoms with Gasteiger partial charge in [-0.3, -0.25) is 4.79 Å². The van der Waals surface area contributed by atoms with Crippen LogP contribution < -0.4 is 14.2 Å². The molecule has 3 aromatic carbocycles. The SMILES string of the molecule is Cc1cc(OC[C@H]2OC[C@H](O)[C@@H](O)[C@@H]2O)cc(C)c1-c1cccc(COc2ccc3c(c2)OCC3CC(=O)O)c1. The van der Waals surface area contributed by atoms with Gasteiger partial charge in [0, 0.05) is 17.5 Å². The summed E-state index contributed by atoms with van der Waals surface area (Å²) >= 11 is 0. The molecule has 40 heavy (non-hydrogen) atoms. The second-order valence-electron chi connectivity index (χ2n) is 10.5. The first kappa shape index (κ1) is 27.9. The predicted molar refractivity (Wildman–Crippen MR) is 146 cm³/mol. The Morgan fingerprint density at radius 2 is 1.70 bits per heavy atom. The first-order valence-corrected chi connectivity index (χ1v) is 13.3. The molecule has 3 aromatic rings. The highest BCUT2D eigenvalue weighted by Gasteiger charge is 2.37. The molecule has 9 heteroatoms. The minimum Gasteiger partial charge on any atom is -0.492 e. The number of carboxylic acid groups (broad SMARTS) is 1. The number of carbonyl (C=O) groups is 1. The van der Waals surface area contributed by atoms with E-state index in [0.717, 1.165) is 33.4 Å². The van der Waals surface area contributed by atoms with E-state index in [1.807, 2.05) is 62.4 Å². The summed E-state index contributed by atoms with van der Waals surface area (Å²) in [7, 11) is 0. The van der Waals surface area contributed by atoms with Gasteiger partial charge in [0.05, 0.1) is 19.6 Å².